The fourth-order valence-corrected chi connectivity index (χ4v) is 2.78. The fraction of sp³-hybridized carbons (Fsp3) is 0.300. The molecular formula is C20H24N2O4S. The predicted octanol–water partition coefficient (Wildman–Crippen LogP) is 3.18. The standard InChI is InChI=1S/C20H24N2O4S/c1-4-25-17-9-11-18(12-10-17)26-14(2)19(23)21-22-20(24)16-7-5-15(6-8-16)13-27-3/h5-12,14H,4,13H2,1-3H3,(H,21,23)(H,22,24)/t14-/m1/s1. The van der Waals surface area contributed by atoms with Gasteiger partial charge in [0.15, 0.2) is 6.10 Å². The van der Waals surface area contributed by atoms with Crippen LogP contribution in [-0.4, -0.2) is 30.8 Å². The van der Waals surface area contributed by atoms with Crippen molar-refractivity contribution in [2.45, 2.75) is 25.7 Å². The van der Waals surface area contributed by atoms with Gasteiger partial charge in [0, 0.05) is 11.3 Å². The van der Waals surface area contributed by atoms with Crippen molar-refractivity contribution in [1.82, 2.24) is 10.9 Å². The molecule has 0 radical (unpaired) electrons. The molecule has 0 fully saturated rings. The van der Waals surface area contributed by atoms with Gasteiger partial charge in [-0.3, -0.25) is 20.4 Å². The van der Waals surface area contributed by atoms with E-state index >= 15 is 0 Å². The first-order chi connectivity index (χ1) is 13.0. The first kappa shape index (κ1) is 20.6. The van der Waals surface area contributed by atoms with Crippen molar-refractivity contribution < 1.29 is 19.1 Å². The average molecular weight is 388 g/mol. The van der Waals surface area contributed by atoms with E-state index in [0.29, 0.717) is 17.9 Å². The Hall–Kier alpha value is -2.67. The Labute approximate surface area is 163 Å². The molecule has 7 heteroatoms. The van der Waals surface area contributed by atoms with Gasteiger partial charge in [0.1, 0.15) is 11.5 Å². The van der Waals surface area contributed by atoms with Crippen LogP contribution in [0.2, 0.25) is 0 Å². The summed E-state index contributed by atoms with van der Waals surface area (Å²) in [4.78, 5) is 24.2. The summed E-state index contributed by atoms with van der Waals surface area (Å²) < 4.78 is 10.9. The van der Waals surface area contributed by atoms with Crippen molar-refractivity contribution in [2.75, 3.05) is 12.9 Å². The van der Waals surface area contributed by atoms with E-state index in [4.69, 9.17) is 9.47 Å². The number of hydrogen-bond donors (Lipinski definition) is 2. The highest BCUT2D eigenvalue weighted by atomic mass is 32.2. The van der Waals surface area contributed by atoms with Gasteiger partial charge < -0.3 is 9.47 Å². The Morgan fingerprint density at radius 3 is 2.22 bits per heavy atom. The number of thioether (sulfide) groups is 1. The topological polar surface area (TPSA) is 76.7 Å². The second kappa shape index (κ2) is 10.5. The third-order valence-electron chi connectivity index (χ3n) is 3.64. The molecule has 0 saturated heterocycles. The molecule has 144 valence electrons. The van der Waals surface area contributed by atoms with E-state index in [9.17, 15) is 9.59 Å². The minimum absolute atomic E-state index is 0.382. The Morgan fingerprint density at radius 1 is 1.00 bits per heavy atom. The lowest BCUT2D eigenvalue weighted by Crippen LogP contribution is -2.47. The van der Waals surface area contributed by atoms with E-state index in [2.05, 4.69) is 10.9 Å². The maximum atomic E-state index is 12.1. The molecule has 0 aliphatic rings. The molecule has 0 aliphatic carbocycles. The van der Waals surface area contributed by atoms with Gasteiger partial charge in [-0.2, -0.15) is 11.8 Å². The summed E-state index contributed by atoms with van der Waals surface area (Å²) >= 11 is 1.71. The number of rotatable bonds is 8. The number of benzene rings is 2. The SMILES string of the molecule is CCOc1ccc(O[C@H](C)C(=O)NNC(=O)c2ccc(CSC)cc2)cc1. The quantitative estimate of drug-likeness (QED) is 0.679. The normalized spacial score (nSPS) is 11.4. The van der Waals surface area contributed by atoms with Gasteiger partial charge in [-0.25, -0.2) is 0 Å². The van der Waals surface area contributed by atoms with E-state index in [1.165, 1.54) is 0 Å². The minimum atomic E-state index is -0.771. The highest BCUT2D eigenvalue weighted by molar-refractivity contribution is 7.97. The third-order valence-corrected chi connectivity index (χ3v) is 4.27. The molecule has 2 N–H and O–H groups in total. The van der Waals surface area contributed by atoms with Gasteiger partial charge >= 0.3 is 0 Å². The van der Waals surface area contributed by atoms with Crippen molar-refractivity contribution in [1.29, 1.82) is 0 Å². The fourth-order valence-electron chi connectivity index (χ4n) is 2.25. The largest absolute Gasteiger partial charge is 0.494 e. The minimum Gasteiger partial charge on any atom is -0.494 e. The molecule has 2 rings (SSSR count). The van der Waals surface area contributed by atoms with Crippen LogP contribution >= 0.6 is 11.8 Å². The third kappa shape index (κ3) is 6.53. The highest BCUT2D eigenvalue weighted by Crippen LogP contribution is 2.18. The molecular weight excluding hydrogens is 364 g/mol. The first-order valence-electron chi connectivity index (χ1n) is 8.61. The summed E-state index contributed by atoms with van der Waals surface area (Å²) in [5.41, 5.74) is 6.39. The zero-order valence-corrected chi connectivity index (χ0v) is 16.5. The van der Waals surface area contributed by atoms with Crippen LogP contribution in [0.5, 0.6) is 11.5 Å². The van der Waals surface area contributed by atoms with E-state index < -0.39 is 12.0 Å². The van der Waals surface area contributed by atoms with Crippen LogP contribution in [0.15, 0.2) is 48.5 Å². The van der Waals surface area contributed by atoms with Crippen molar-refractivity contribution in [2.24, 2.45) is 0 Å². The van der Waals surface area contributed by atoms with Crippen LogP contribution in [0, 0.1) is 0 Å². The second-order valence-electron chi connectivity index (χ2n) is 5.74. The molecule has 0 unspecified atom stereocenters. The average Bonchev–Trinajstić information content (AvgIpc) is 2.68. The van der Waals surface area contributed by atoms with Crippen LogP contribution in [0.1, 0.15) is 29.8 Å². The number of carbonyl (C=O) groups is 2. The van der Waals surface area contributed by atoms with Crippen LogP contribution in [-0.2, 0) is 10.5 Å². The lowest BCUT2D eigenvalue weighted by Gasteiger charge is -2.15. The lowest BCUT2D eigenvalue weighted by molar-refractivity contribution is -0.128. The molecule has 0 saturated carbocycles. The van der Waals surface area contributed by atoms with Crippen LogP contribution in [0.25, 0.3) is 0 Å². The molecule has 0 heterocycles. The van der Waals surface area contributed by atoms with Crippen LogP contribution < -0.4 is 20.3 Å². The van der Waals surface area contributed by atoms with Crippen molar-refractivity contribution in [3.05, 3.63) is 59.7 Å². The summed E-state index contributed by atoms with van der Waals surface area (Å²) in [7, 11) is 0. The Balaban J connectivity index is 1.82. The molecule has 0 spiro atoms. The lowest BCUT2D eigenvalue weighted by atomic mass is 10.1. The zero-order valence-electron chi connectivity index (χ0n) is 15.7. The number of ether oxygens (including phenoxy) is 2. The van der Waals surface area contributed by atoms with Crippen LogP contribution in [0.3, 0.4) is 0 Å². The van der Waals surface area contributed by atoms with Gasteiger partial charge in [0.05, 0.1) is 6.61 Å². The van der Waals surface area contributed by atoms with E-state index in [0.717, 1.165) is 17.1 Å². The number of amides is 2. The van der Waals surface area contributed by atoms with Gasteiger partial charge in [-0.05, 0) is 62.1 Å². The van der Waals surface area contributed by atoms with Gasteiger partial charge in [-0.1, -0.05) is 12.1 Å². The first-order valence-corrected chi connectivity index (χ1v) is 10.0. The summed E-state index contributed by atoms with van der Waals surface area (Å²) in [6.45, 7) is 4.10. The predicted molar refractivity (Wildman–Crippen MR) is 107 cm³/mol. The van der Waals surface area contributed by atoms with Crippen molar-refractivity contribution in [3.63, 3.8) is 0 Å². The molecule has 2 aromatic carbocycles. The van der Waals surface area contributed by atoms with E-state index in [-0.39, 0.29) is 5.91 Å². The molecule has 0 aliphatic heterocycles. The zero-order chi connectivity index (χ0) is 19.6. The summed E-state index contributed by atoms with van der Waals surface area (Å²) in [6.07, 6.45) is 1.25. The molecule has 1 atom stereocenters. The molecule has 0 aromatic heterocycles. The van der Waals surface area contributed by atoms with Crippen LogP contribution in [0.4, 0.5) is 0 Å². The highest BCUT2D eigenvalue weighted by Gasteiger charge is 2.16. The van der Waals surface area contributed by atoms with Gasteiger partial charge in [-0.15, -0.1) is 0 Å². The molecule has 2 aromatic rings. The maximum absolute atomic E-state index is 12.1. The summed E-state index contributed by atoms with van der Waals surface area (Å²) in [6, 6.07) is 14.2. The monoisotopic (exact) mass is 388 g/mol. The number of nitrogens with one attached hydrogen (secondary N) is 2. The molecule has 27 heavy (non-hydrogen) atoms. The molecule has 6 nitrogen and oxygen atoms in total. The molecule has 0 bridgehead atoms. The van der Waals surface area contributed by atoms with Crippen molar-refractivity contribution in [3.8, 4) is 11.5 Å². The van der Waals surface area contributed by atoms with Crippen molar-refractivity contribution >= 4 is 23.6 Å². The van der Waals surface area contributed by atoms with E-state index in [1.54, 1.807) is 55.1 Å². The number of carbonyl (C=O) groups excluding carboxylic acids is 2. The smallest absolute Gasteiger partial charge is 0.279 e. The summed E-state index contributed by atoms with van der Waals surface area (Å²) in [5.74, 6) is 1.33. The Bertz CT molecular complexity index is 748. The number of hydrazine groups is 1. The summed E-state index contributed by atoms with van der Waals surface area (Å²) in [5, 5.41) is 0. The molecule has 2 amide bonds. The van der Waals surface area contributed by atoms with Gasteiger partial charge in [0.25, 0.3) is 11.8 Å². The van der Waals surface area contributed by atoms with E-state index in [1.807, 2.05) is 25.3 Å². The Morgan fingerprint density at radius 2 is 1.63 bits per heavy atom. The van der Waals surface area contributed by atoms with Gasteiger partial charge in [0.2, 0.25) is 0 Å². The number of hydrogen-bond acceptors (Lipinski definition) is 5. The maximum Gasteiger partial charge on any atom is 0.279 e. The Kier molecular flexibility index (Phi) is 8.00. The second-order valence-corrected chi connectivity index (χ2v) is 6.60.